The summed E-state index contributed by atoms with van der Waals surface area (Å²) in [6.07, 6.45) is 64.7. The highest BCUT2D eigenvalue weighted by atomic mass is 127. The number of esters is 2. The van der Waals surface area contributed by atoms with Gasteiger partial charge in [-0.1, -0.05) is 301 Å². The standard InChI is InChI=1S/2C32H56N3O3S.C18H33IO2.HI/c2*1-4-6-8-10-11-12-13-14-15-23-29(36)38-32(27-20-16-17-21-27)35(3)24-19-22-28(26-35)30-31(34-39-33-30)37-25-18-9-7-5-2;1-2-3-4-5-6-7-8-11-14-18(15-19,17(20)21)16-12-9-10-13-16;/h2*22,27,32H,4-21,23-26H2,1-3H3;16H,2-15H2,1H3,(H,20,21);1H/q2*+1;;/p-2. The van der Waals surface area contributed by atoms with Crippen molar-refractivity contribution in [1.82, 2.24) is 17.5 Å². The van der Waals surface area contributed by atoms with E-state index in [9.17, 15) is 19.5 Å². The van der Waals surface area contributed by atoms with E-state index in [2.05, 4.69) is 101 Å². The van der Waals surface area contributed by atoms with Gasteiger partial charge in [0.05, 0.1) is 63.9 Å². The maximum Gasteiger partial charge on any atom is 0.310 e. The highest BCUT2D eigenvalue weighted by Gasteiger charge is 2.47. The zero-order valence-electron chi connectivity index (χ0n) is 64.6. The number of unbranched alkanes of at least 4 members (excludes halogenated alkanes) is 29. The minimum atomic E-state index is -0.785. The van der Waals surface area contributed by atoms with Crippen molar-refractivity contribution in [3.63, 3.8) is 0 Å². The van der Waals surface area contributed by atoms with Crippen LogP contribution in [0.4, 0.5) is 0 Å². The molecule has 4 heterocycles. The molecule has 0 N–H and O–H groups in total. The third-order valence-corrected chi connectivity index (χ3v) is 25.1. The average Bonchev–Trinajstić information content (AvgIpc) is 1.68. The molecule has 5 aliphatic rings. The van der Waals surface area contributed by atoms with Gasteiger partial charge in [-0.05, 0) is 76.5 Å². The lowest BCUT2D eigenvalue weighted by atomic mass is 9.72. The number of carboxylic acids is 1. The van der Waals surface area contributed by atoms with Crippen LogP contribution >= 0.6 is 46.0 Å². The molecule has 0 spiro atoms. The number of quaternary nitrogens is 2. The normalized spacial score (nSPS) is 20.0. The summed E-state index contributed by atoms with van der Waals surface area (Å²) in [5, 5.41) is 11.8. The summed E-state index contributed by atoms with van der Waals surface area (Å²) in [4.78, 5) is 37.9. The molecule has 576 valence electrons. The van der Waals surface area contributed by atoms with Gasteiger partial charge in [0.25, 0.3) is 11.8 Å². The van der Waals surface area contributed by atoms with Crippen molar-refractivity contribution in [1.29, 1.82) is 0 Å². The SMILES string of the molecule is CCCCCCCCCCC(CI)(C(=O)[O-])C1CCCC1.CCCCCCCCCCCC(=O)OC(C1CCCC1)[N+]1(C)CCC=C(c2nsnc2OCCCCCC)C1.CCCCCCCCCCCC(=O)OC(C1CCCC1)[N+]1(C)CCC=C(c2nsnc2OCCCCCC)C1.[I-]. The van der Waals surface area contributed by atoms with E-state index >= 15 is 0 Å². The topological polar surface area (TPSA) is 163 Å². The number of carbonyl (C=O) groups is 3. The Morgan fingerprint density at radius 3 is 1.14 bits per heavy atom. The molecule has 100 heavy (non-hydrogen) atoms. The quantitative estimate of drug-likeness (QED) is 0.0203. The highest BCUT2D eigenvalue weighted by molar-refractivity contribution is 14.1. The van der Waals surface area contributed by atoms with E-state index in [1.54, 1.807) is 0 Å². The molecule has 0 saturated heterocycles. The summed E-state index contributed by atoms with van der Waals surface area (Å²) >= 11 is 4.74. The van der Waals surface area contributed by atoms with Crippen LogP contribution in [0.2, 0.25) is 0 Å². The van der Waals surface area contributed by atoms with Crippen LogP contribution in [0.1, 0.15) is 373 Å². The van der Waals surface area contributed by atoms with Gasteiger partial charge in [-0.25, -0.2) is 0 Å². The highest BCUT2D eigenvalue weighted by Crippen LogP contribution is 2.45. The Morgan fingerprint density at radius 2 is 0.800 bits per heavy atom. The second-order valence-electron chi connectivity index (χ2n) is 31.2. The van der Waals surface area contributed by atoms with Crippen LogP contribution in [-0.4, -0.2) is 115 Å². The maximum absolute atomic E-state index is 13.1. The van der Waals surface area contributed by atoms with Gasteiger partial charge in [-0.15, -0.1) is 8.75 Å². The van der Waals surface area contributed by atoms with E-state index in [1.807, 2.05) is 0 Å². The number of halogens is 2. The number of rotatable bonds is 52. The van der Waals surface area contributed by atoms with Crippen molar-refractivity contribution in [2.24, 2.45) is 23.2 Å². The molecule has 0 amide bonds. The molecule has 7 rings (SSSR count). The Kier molecular flexibility index (Phi) is 49.3. The number of hydrogen-bond donors (Lipinski definition) is 0. The van der Waals surface area contributed by atoms with Crippen LogP contribution in [-0.2, 0) is 23.9 Å². The summed E-state index contributed by atoms with van der Waals surface area (Å²) in [5.41, 5.74) is 3.63. The van der Waals surface area contributed by atoms with Gasteiger partial charge in [-0.3, -0.25) is 18.6 Å². The predicted molar refractivity (Wildman–Crippen MR) is 419 cm³/mol. The molecule has 2 aromatic rings. The molecule has 3 saturated carbocycles. The first kappa shape index (κ1) is 90.4. The number of ether oxygens (including phenoxy) is 4. The largest absolute Gasteiger partial charge is 1.00 e. The second kappa shape index (κ2) is 54.6. The zero-order chi connectivity index (χ0) is 71.1. The summed E-state index contributed by atoms with van der Waals surface area (Å²) in [7, 11) is 4.57. The molecule has 5 atom stereocenters. The summed E-state index contributed by atoms with van der Waals surface area (Å²) in [6.45, 7) is 16.2. The third kappa shape index (κ3) is 33.4. The van der Waals surface area contributed by atoms with E-state index < -0.39 is 11.4 Å². The molecule has 14 nitrogen and oxygen atoms in total. The Balaban J connectivity index is 0.000000332. The molecule has 2 aromatic heterocycles. The third-order valence-electron chi connectivity index (χ3n) is 22.7. The first-order valence-electron chi connectivity index (χ1n) is 41.5. The number of carbonyl (C=O) groups excluding carboxylic acids is 3. The lowest BCUT2D eigenvalue weighted by molar-refractivity contribution is -0.951. The monoisotopic (exact) mass is 1660 g/mol. The summed E-state index contributed by atoms with van der Waals surface area (Å²) in [5.74, 6) is 1.82. The van der Waals surface area contributed by atoms with Crippen molar-refractivity contribution in [2.75, 3.05) is 57.9 Å². The first-order chi connectivity index (χ1) is 48.3. The Bertz CT molecular complexity index is 2360. The van der Waals surface area contributed by atoms with E-state index in [-0.39, 0.29) is 48.4 Å². The minimum absolute atomic E-state index is 0. The van der Waals surface area contributed by atoms with Crippen molar-refractivity contribution >= 4 is 75.1 Å². The smallest absolute Gasteiger partial charge is 0.310 e. The number of nitrogens with zero attached hydrogens (tertiary/aromatic N) is 6. The van der Waals surface area contributed by atoms with Crippen molar-refractivity contribution < 1.29 is 71.4 Å². The molecular weight excluding hydrogens is 1510 g/mol. The maximum atomic E-state index is 13.1. The summed E-state index contributed by atoms with van der Waals surface area (Å²) in [6, 6.07) is 0. The lowest BCUT2D eigenvalue weighted by Crippen LogP contribution is -3.00. The molecule has 0 bridgehead atoms. The van der Waals surface area contributed by atoms with Crippen molar-refractivity contribution in [3.05, 3.63) is 23.5 Å². The fraction of sp³-hybridized carbons (Fsp3) is 0.866. The van der Waals surface area contributed by atoms with E-state index in [0.29, 0.717) is 60.0 Å². The Hall–Kier alpha value is -2.01. The molecule has 5 unspecified atom stereocenters. The fourth-order valence-corrected chi connectivity index (χ4v) is 18.9. The molecule has 0 radical (unpaired) electrons. The van der Waals surface area contributed by atoms with Gasteiger partial charge in [0.15, 0.2) is 0 Å². The van der Waals surface area contributed by atoms with Gasteiger partial charge in [-0.2, -0.15) is 8.75 Å². The zero-order valence-corrected chi connectivity index (χ0v) is 70.5. The lowest BCUT2D eigenvalue weighted by Gasteiger charge is -2.45. The number of aromatic nitrogens is 4. The van der Waals surface area contributed by atoms with Gasteiger partial charge < -0.3 is 52.8 Å². The van der Waals surface area contributed by atoms with Gasteiger partial charge in [0.2, 0.25) is 12.5 Å². The number of carboxylic acid groups (broad SMARTS) is 1. The van der Waals surface area contributed by atoms with Gasteiger partial charge in [0, 0.05) is 64.5 Å². The van der Waals surface area contributed by atoms with Crippen molar-refractivity contribution in [2.45, 2.75) is 375 Å². The van der Waals surface area contributed by atoms with Crippen LogP contribution < -0.4 is 38.6 Å². The van der Waals surface area contributed by atoms with E-state index in [0.717, 1.165) is 149 Å². The van der Waals surface area contributed by atoms with Gasteiger partial charge in [0.1, 0.15) is 24.5 Å². The number of likely N-dealkylation sites (N-methyl/N-ethyl adjacent to an activating group) is 2. The van der Waals surface area contributed by atoms with Crippen LogP contribution in [0.15, 0.2) is 12.2 Å². The second-order valence-corrected chi connectivity index (χ2v) is 33.0. The van der Waals surface area contributed by atoms with Crippen LogP contribution in [0.3, 0.4) is 0 Å². The number of hydrogen-bond acceptors (Lipinski definition) is 14. The van der Waals surface area contributed by atoms with E-state index in [4.69, 9.17) is 18.9 Å². The number of alkyl halides is 1. The molecule has 0 aromatic carbocycles. The molecule has 3 aliphatic carbocycles. The average molecular weight is 1660 g/mol. The van der Waals surface area contributed by atoms with Crippen molar-refractivity contribution in [3.8, 4) is 11.8 Å². The predicted octanol–water partition coefficient (Wildman–Crippen LogP) is 19.3. The Morgan fingerprint density at radius 1 is 0.480 bits per heavy atom. The molecular formula is C82H144I2N6O8S2. The Labute approximate surface area is 649 Å². The molecule has 2 aliphatic heterocycles. The summed E-state index contributed by atoms with van der Waals surface area (Å²) < 4.78 is 45.4. The number of aliphatic carboxylic acids is 1. The van der Waals surface area contributed by atoms with Gasteiger partial charge >= 0.3 is 11.9 Å². The first-order valence-corrected chi connectivity index (χ1v) is 44.4. The fourth-order valence-electron chi connectivity index (χ4n) is 16.5. The van der Waals surface area contributed by atoms with Crippen LogP contribution in [0, 0.1) is 23.2 Å². The molecule has 3 fully saturated rings. The van der Waals surface area contributed by atoms with E-state index in [1.165, 1.54) is 246 Å². The minimum Gasteiger partial charge on any atom is -1.00 e. The van der Waals surface area contributed by atoms with Crippen LogP contribution in [0.25, 0.3) is 11.1 Å². The van der Waals surface area contributed by atoms with Crippen LogP contribution in [0.5, 0.6) is 11.8 Å². The molecule has 18 heteroatoms.